The maximum atomic E-state index is 14.6. The van der Waals surface area contributed by atoms with Crippen molar-refractivity contribution in [3.63, 3.8) is 0 Å². The summed E-state index contributed by atoms with van der Waals surface area (Å²) in [6.07, 6.45) is 1.77. The van der Waals surface area contributed by atoms with Crippen molar-refractivity contribution in [1.29, 1.82) is 0 Å². The summed E-state index contributed by atoms with van der Waals surface area (Å²) in [5.41, 5.74) is 1.30. The maximum absolute atomic E-state index is 14.6. The topological polar surface area (TPSA) is 49.9 Å². The van der Waals surface area contributed by atoms with Crippen LogP contribution < -0.4 is 4.74 Å². The van der Waals surface area contributed by atoms with Crippen molar-refractivity contribution in [2.24, 2.45) is 0 Å². The van der Waals surface area contributed by atoms with Gasteiger partial charge in [-0.1, -0.05) is 42.5 Å². The molecule has 0 spiro atoms. The molecule has 3 aromatic carbocycles. The molecule has 0 unspecified atom stereocenters. The van der Waals surface area contributed by atoms with Crippen LogP contribution in [0, 0.1) is 11.6 Å². The molecule has 2 amide bonds. The van der Waals surface area contributed by atoms with Gasteiger partial charge in [-0.15, -0.1) is 0 Å². The van der Waals surface area contributed by atoms with Gasteiger partial charge in [-0.2, -0.15) is 0 Å². The predicted molar refractivity (Wildman–Crippen MR) is 134 cm³/mol. The SMILES string of the molecule is CCN1CCCCN(C(=O)c2ccc(F)cc2F)[C@@H](Cc2ccccc2)COc2ccccc2C1=O. The summed E-state index contributed by atoms with van der Waals surface area (Å²) < 4.78 is 34.4. The number of para-hydroxylation sites is 1. The Kier molecular flexibility index (Phi) is 8.31. The Morgan fingerprint density at radius 3 is 2.44 bits per heavy atom. The van der Waals surface area contributed by atoms with Crippen molar-refractivity contribution >= 4 is 11.8 Å². The maximum Gasteiger partial charge on any atom is 0.257 e. The third-order valence-electron chi connectivity index (χ3n) is 6.47. The van der Waals surface area contributed by atoms with Gasteiger partial charge in [0.05, 0.1) is 17.2 Å². The van der Waals surface area contributed by atoms with Crippen LogP contribution in [0.5, 0.6) is 5.75 Å². The lowest BCUT2D eigenvalue weighted by atomic mass is 10.0. The van der Waals surface area contributed by atoms with E-state index >= 15 is 0 Å². The standard InChI is InChI=1S/C29H30F2N2O3/c1-2-32-16-8-9-17-33(29(35)24-15-14-22(30)19-26(24)31)23(18-21-10-4-3-5-11-21)20-36-27-13-7-6-12-25(27)28(32)34/h3-7,10-15,19,23H,2,8-9,16-18,20H2,1H3/t23-/m0/s1. The Bertz CT molecular complexity index is 1200. The second-order valence-corrected chi connectivity index (χ2v) is 8.87. The highest BCUT2D eigenvalue weighted by atomic mass is 19.1. The number of rotatable bonds is 4. The number of nitrogens with zero attached hydrogens (tertiary/aromatic N) is 2. The molecule has 0 bridgehead atoms. The van der Waals surface area contributed by atoms with Gasteiger partial charge in [0.2, 0.25) is 0 Å². The zero-order chi connectivity index (χ0) is 25.5. The molecule has 0 aliphatic carbocycles. The van der Waals surface area contributed by atoms with Crippen molar-refractivity contribution in [1.82, 2.24) is 9.80 Å². The highest BCUT2D eigenvalue weighted by Crippen LogP contribution is 2.24. The minimum Gasteiger partial charge on any atom is -0.491 e. The first-order valence-electron chi connectivity index (χ1n) is 12.3. The number of benzene rings is 3. The molecule has 1 atom stereocenters. The number of carbonyl (C=O) groups excluding carboxylic acids is 2. The van der Waals surface area contributed by atoms with Crippen molar-refractivity contribution in [2.45, 2.75) is 32.2 Å². The molecular formula is C29H30F2N2O3. The van der Waals surface area contributed by atoms with Crippen LogP contribution >= 0.6 is 0 Å². The van der Waals surface area contributed by atoms with E-state index in [0.717, 1.165) is 17.7 Å². The molecule has 188 valence electrons. The molecule has 7 heteroatoms. The second kappa shape index (κ2) is 11.8. The number of ether oxygens (including phenoxy) is 1. The smallest absolute Gasteiger partial charge is 0.257 e. The lowest BCUT2D eigenvalue weighted by molar-refractivity contribution is 0.0582. The van der Waals surface area contributed by atoms with Crippen LogP contribution in [0.15, 0.2) is 72.8 Å². The van der Waals surface area contributed by atoms with Crippen molar-refractivity contribution in [3.8, 4) is 5.75 Å². The lowest BCUT2D eigenvalue weighted by Gasteiger charge is -2.33. The van der Waals surface area contributed by atoms with Gasteiger partial charge < -0.3 is 14.5 Å². The number of fused-ring (bicyclic) bond motifs is 1. The summed E-state index contributed by atoms with van der Waals surface area (Å²) >= 11 is 0. The molecule has 5 nitrogen and oxygen atoms in total. The summed E-state index contributed by atoms with van der Waals surface area (Å²) in [4.78, 5) is 30.2. The van der Waals surface area contributed by atoms with Crippen LogP contribution in [0.25, 0.3) is 0 Å². The third kappa shape index (κ3) is 5.90. The van der Waals surface area contributed by atoms with E-state index in [1.54, 1.807) is 34.1 Å². The van der Waals surface area contributed by atoms with Crippen LogP contribution in [0.4, 0.5) is 8.78 Å². The Labute approximate surface area is 210 Å². The van der Waals surface area contributed by atoms with Crippen LogP contribution in [0.1, 0.15) is 46.0 Å². The minimum absolute atomic E-state index is 0.0883. The van der Waals surface area contributed by atoms with E-state index in [-0.39, 0.29) is 18.1 Å². The average molecular weight is 493 g/mol. The van der Waals surface area contributed by atoms with Gasteiger partial charge >= 0.3 is 0 Å². The summed E-state index contributed by atoms with van der Waals surface area (Å²) in [7, 11) is 0. The Morgan fingerprint density at radius 1 is 0.972 bits per heavy atom. The summed E-state index contributed by atoms with van der Waals surface area (Å²) in [6, 6.07) is 19.4. The molecule has 3 aromatic rings. The highest BCUT2D eigenvalue weighted by molar-refractivity contribution is 5.97. The highest BCUT2D eigenvalue weighted by Gasteiger charge is 2.29. The molecule has 4 rings (SSSR count). The Hall–Kier alpha value is -3.74. The van der Waals surface area contributed by atoms with E-state index in [1.807, 2.05) is 37.3 Å². The van der Waals surface area contributed by atoms with E-state index in [9.17, 15) is 18.4 Å². The minimum atomic E-state index is -0.890. The fraction of sp³-hybridized carbons (Fsp3) is 0.310. The van der Waals surface area contributed by atoms with Crippen LogP contribution in [0.3, 0.4) is 0 Å². The summed E-state index contributed by atoms with van der Waals surface area (Å²) in [6.45, 7) is 3.47. The van der Waals surface area contributed by atoms with Gasteiger partial charge in [0.1, 0.15) is 24.0 Å². The Morgan fingerprint density at radius 2 is 1.69 bits per heavy atom. The van der Waals surface area contributed by atoms with Gasteiger partial charge in [-0.3, -0.25) is 9.59 Å². The van der Waals surface area contributed by atoms with Gasteiger partial charge in [-0.25, -0.2) is 8.78 Å². The van der Waals surface area contributed by atoms with Gasteiger partial charge in [0, 0.05) is 25.7 Å². The van der Waals surface area contributed by atoms with Gasteiger partial charge in [0.15, 0.2) is 0 Å². The van der Waals surface area contributed by atoms with Crippen LogP contribution in [-0.2, 0) is 6.42 Å². The van der Waals surface area contributed by atoms with E-state index in [4.69, 9.17) is 4.74 Å². The quantitative estimate of drug-likeness (QED) is 0.493. The van der Waals surface area contributed by atoms with Crippen molar-refractivity contribution in [3.05, 3.63) is 101 Å². The average Bonchev–Trinajstić information content (AvgIpc) is 2.88. The van der Waals surface area contributed by atoms with Crippen LogP contribution in [0.2, 0.25) is 0 Å². The second-order valence-electron chi connectivity index (χ2n) is 8.87. The van der Waals surface area contributed by atoms with E-state index in [0.29, 0.717) is 50.2 Å². The molecule has 0 saturated carbocycles. The molecule has 1 aliphatic heterocycles. The molecule has 0 N–H and O–H groups in total. The third-order valence-corrected chi connectivity index (χ3v) is 6.47. The zero-order valence-electron chi connectivity index (χ0n) is 20.3. The zero-order valence-corrected chi connectivity index (χ0v) is 20.3. The first-order valence-corrected chi connectivity index (χ1v) is 12.3. The first-order chi connectivity index (χ1) is 17.5. The first kappa shape index (κ1) is 25.4. The van der Waals surface area contributed by atoms with Crippen molar-refractivity contribution < 1.29 is 23.1 Å². The van der Waals surface area contributed by atoms with Crippen LogP contribution in [-0.4, -0.2) is 53.9 Å². The lowest BCUT2D eigenvalue weighted by Crippen LogP contribution is -2.46. The molecule has 0 saturated heterocycles. The molecular weight excluding hydrogens is 462 g/mol. The summed E-state index contributed by atoms with van der Waals surface area (Å²) in [5, 5.41) is 0. The monoisotopic (exact) mass is 492 g/mol. The molecule has 0 radical (unpaired) electrons. The fourth-order valence-electron chi connectivity index (χ4n) is 4.53. The van der Waals surface area contributed by atoms with Gasteiger partial charge in [-0.05, 0) is 56.0 Å². The Balaban J connectivity index is 1.71. The van der Waals surface area contributed by atoms with E-state index in [2.05, 4.69) is 0 Å². The van der Waals surface area contributed by atoms with E-state index in [1.165, 1.54) is 6.07 Å². The number of amides is 2. The van der Waals surface area contributed by atoms with Gasteiger partial charge in [0.25, 0.3) is 11.8 Å². The largest absolute Gasteiger partial charge is 0.491 e. The molecule has 1 aliphatic rings. The molecule has 0 aromatic heterocycles. The number of halogens is 2. The predicted octanol–water partition coefficient (Wildman–Crippen LogP) is 5.35. The molecule has 1 heterocycles. The van der Waals surface area contributed by atoms with E-state index < -0.39 is 23.6 Å². The number of carbonyl (C=O) groups is 2. The molecule has 0 fully saturated rings. The summed E-state index contributed by atoms with van der Waals surface area (Å²) in [5.74, 6) is -1.78. The van der Waals surface area contributed by atoms with Crippen molar-refractivity contribution in [2.75, 3.05) is 26.2 Å². The number of hydrogen-bond donors (Lipinski definition) is 0. The fourth-order valence-corrected chi connectivity index (χ4v) is 4.53. The number of hydrogen-bond acceptors (Lipinski definition) is 3. The molecule has 36 heavy (non-hydrogen) atoms. The normalized spacial score (nSPS) is 17.0.